The van der Waals surface area contributed by atoms with Gasteiger partial charge in [0.15, 0.2) is 11.3 Å². The number of para-hydroxylation sites is 2. The Hall–Kier alpha value is -4.13. The summed E-state index contributed by atoms with van der Waals surface area (Å²) in [6.07, 6.45) is 0. The van der Waals surface area contributed by atoms with Crippen LogP contribution in [0.4, 0.5) is 5.69 Å². The van der Waals surface area contributed by atoms with Crippen molar-refractivity contribution in [2.24, 2.45) is 0 Å². The Morgan fingerprint density at radius 2 is 1.48 bits per heavy atom. The molecule has 0 N–H and O–H groups in total. The van der Waals surface area contributed by atoms with Gasteiger partial charge in [0.2, 0.25) is 0 Å². The zero-order chi connectivity index (χ0) is 20.0. The molecule has 3 aromatic carbocycles. The molecule has 0 aliphatic heterocycles. The second-order valence-corrected chi connectivity index (χ2v) is 6.77. The lowest BCUT2D eigenvalue weighted by atomic mass is 10.2. The third-order valence-corrected chi connectivity index (χ3v) is 4.80. The number of hydrogen-bond donors (Lipinski definition) is 0. The van der Waals surface area contributed by atoms with Crippen LogP contribution < -0.4 is 0 Å². The number of fused-ring (bicyclic) bond motifs is 2. The number of non-ortho nitro benzene ring substituents is 1. The van der Waals surface area contributed by atoms with E-state index in [1.807, 2.05) is 60.0 Å². The summed E-state index contributed by atoms with van der Waals surface area (Å²) in [5.74, 6) is 0.633. The largest absolute Gasteiger partial charge is 0.275 e. The zero-order valence-electron chi connectivity index (χ0n) is 15.5. The van der Waals surface area contributed by atoms with E-state index in [-0.39, 0.29) is 5.69 Å². The van der Waals surface area contributed by atoms with E-state index in [1.54, 1.807) is 12.1 Å². The molecule has 5 aromatic rings. The number of aryl methyl sites for hydroxylation is 1. The summed E-state index contributed by atoms with van der Waals surface area (Å²) < 4.78 is 1.94. The van der Waals surface area contributed by atoms with Gasteiger partial charge in [-0.2, -0.15) is 0 Å². The summed E-state index contributed by atoms with van der Waals surface area (Å²) in [5, 5.41) is 11.0. The first-order valence-corrected chi connectivity index (χ1v) is 9.07. The van der Waals surface area contributed by atoms with Gasteiger partial charge in [-0.1, -0.05) is 29.8 Å². The number of nitro benzene ring substituents is 1. The van der Waals surface area contributed by atoms with E-state index in [0.717, 1.165) is 27.8 Å². The highest BCUT2D eigenvalue weighted by atomic mass is 16.6. The van der Waals surface area contributed by atoms with Crippen molar-refractivity contribution in [3.63, 3.8) is 0 Å². The van der Waals surface area contributed by atoms with Gasteiger partial charge in [-0.3, -0.25) is 14.7 Å². The van der Waals surface area contributed by atoms with Crippen LogP contribution in [-0.2, 0) is 0 Å². The monoisotopic (exact) mass is 381 g/mol. The Morgan fingerprint density at radius 3 is 2.14 bits per heavy atom. The number of rotatable bonds is 3. The van der Waals surface area contributed by atoms with Crippen LogP contribution in [0.2, 0.25) is 0 Å². The molecule has 0 saturated carbocycles. The van der Waals surface area contributed by atoms with Gasteiger partial charge in [0, 0.05) is 23.4 Å². The van der Waals surface area contributed by atoms with Gasteiger partial charge in [-0.25, -0.2) is 15.0 Å². The Kier molecular flexibility index (Phi) is 3.80. The van der Waals surface area contributed by atoms with Crippen molar-refractivity contribution in [3.05, 3.63) is 88.5 Å². The van der Waals surface area contributed by atoms with Crippen molar-refractivity contribution in [1.82, 2.24) is 19.5 Å². The van der Waals surface area contributed by atoms with Crippen molar-refractivity contribution < 1.29 is 4.92 Å². The van der Waals surface area contributed by atoms with Crippen LogP contribution >= 0.6 is 0 Å². The lowest BCUT2D eigenvalue weighted by Crippen LogP contribution is -1.99. The Labute approximate surface area is 165 Å². The lowest BCUT2D eigenvalue weighted by Gasteiger charge is -2.09. The van der Waals surface area contributed by atoms with Gasteiger partial charge in [-0.15, -0.1) is 0 Å². The molecule has 0 fully saturated rings. The van der Waals surface area contributed by atoms with E-state index in [1.165, 1.54) is 12.1 Å². The summed E-state index contributed by atoms with van der Waals surface area (Å²) in [6, 6.07) is 22.1. The SMILES string of the molecule is Cc1ccc(-n2c(-c3ccc([N+](=O)[O-])cc3)nc3nc4ccccc4nc32)cc1. The molecule has 0 spiro atoms. The molecular weight excluding hydrogens is 366 g/mol. The van der Waals surface area contributed by atoms with Crippen molar-refractivity contribution in [3.8, 4) is 17.1 Å². The molecule has 0 bridgehead atoms. The Balaban J connectivity index is 1.81. The van der Waals surface area contributed by atoms with Gasteiger partial charge in [0.05, 0.1) is 16.0 Å². The minimum atomic E-state index is -0.414. The molecule has 0 saturated heterocycles. The maximum absolute atomic E-state index is 11.0. The summed E-state index contributed by atoms with van der Waals surface area (Å²) >= 11 is 0. The molecule has 2 heterocycles. The van der Waals surface area contributed by atoms with Gasteiger partial charge in [0.1, 0.15) is 5.82 Å². The lowest BCUT2D eigenvalue weighted by molar-refractivity contribution is -0.384. The summed E-state index contributed by atoms with van der Waals surface area (Å²) in [4.78, 5) is 24.8. The maximum atomic E-state index is 11.0. The average Bonchev–Trinajstić information content (AvgIpc) is 3.11. The second-order valence-electron chi connectivity index (χ2n) is 6.77. The first-order valence-electron chi connectivity index (χ1n) is 9.07. The first-order chi connectivity index (χ1) is 14.1. The van der Waals surface area contributed by atoms with Crippen LogP contribution in [0.25, 0.3) is 39.4 Å². The fraction of sp³-hybridized carbons (Fsp3) is 0.0455. The van der Waals surface area contributed by atoms with E-state index in [4.69, 9.17) is 9.97 Å². The highest BCUT2D eigenvalue weighted by molar-refractivity contribution is 5.86. The molecule has 29 heavy (non-hydrogen) atoms. The highest BCUT2D eigenvalue weighted by Crippen LogP contribution is 2.29. The molecule has 0 aliphatic rings. The number of nitro groups is 1. The Morgan fingerprint density at radius 1 is 0.828 bits per heavy atom. The van der Waals surface area contributed by atoms with Crippen molar-refractivity contribution >= 4 is 28.0 Å². The van der Waals surface area contributed by atoms with Gasteiger partial charge >= 0.3 is 0 Å². The van der Waals surface area contributed by atoms with Gasteiger partial charge < -0.3 is 0 Å². The minimum Gasteiger partial charge on any atom is -0.275 e. The first kappa shape index (κ1) is 17.0. The van der Waals surface area contributed by atoms with Crippen LogP contribution in [0, 0.1) is 17.0 Å². The van der Waals surface area contributed by atoms with E-state index in [0.29, 0.717) is 17.1 Å². The molecule has 7 heteroatoms. The third kappa shape index (κ3) is 2.89. The average molecular weight is 381 g/mol. The van der Waals surface area contributed by atoms with E-state index in [9.17, 15) is 10.1 Å². The van der Waals surface area contributed by atoms with Crippen molar-refractivity contribution in [2.75, 3.05) is 0 Å². The van der Waals surface area contributed by atoms with Crippen LogP contribution in [0.3, 0.4) is 0 Å². The van der Waals surface area contributed by atoms with E-state index < -0.39 is 4.92 Å². The molecule has 5 rings (SSSR count). The summed E-state index contributed by atoms with van der Waals surface area (Å²) in [7, 11) is 0. The smallest absolute Gasteiger partial charge is 0.269 e. The Bertz CT molecular complexity index is 1370. The standard InChI is InChI=1S/C22H15N5O2/c1-14-6-10-16(11-7-14)26-21(15-8-12-17(13-9-15)27(28)29)25-20-22(26)24-19-5-3-2-4-18(19)23-20/h2-13H,1H3. The normalized spacial score (nSPS) is 11.2. The van der Waals surface area contributed by atoms with Crippen LogP contribution in [0.5, 0.6) is 0 Å². The molecule has 0 unspecified atom stereocenters. The molecule has 0 radical (unpaired) electrons. The predicted octanol–water partition coefficient (Wildman–Crippen LogP) is 4.85. The van der Waals surface area contributed by atoms with Gasteiger partial charge in [-0.05, 0) is 43.3 Å². The number of nitrogens with zero attached hydrogens (tertiary/aromatic N) is 5. The third-order valence-electron chi connectivity index (χ3n) is 4.80. The van der Waals surface area contributed by atoms with Crippen molar-refractivity contribution in [2.45, 2.75) is 6.92 Å². The quantitative estimate of drug-likeness (QED) is 0.329. The fourth-order valence-corrected chi connectivity index (χ4v) is 3.32. The number of imidazole rings is 1. The zero-order valence-corrected chi connectivity index (χ0v) is 15.5. The van der Waals surface area contributed by atoms with E-state index >= 15 is 0 Å². The van der Waals surface area contributed by atoms with Crippen LogP contribution in [-0.4, -0.2) is 24.4 Å². The molecule has 7 nitrogen and oxygen atoms in total. The molecule has 0 aliphatic carbocycles. The summed E-state index contributed by atoms with van der Waals surface area (Å²) in [6.45, 7) is 2.03. The highest BCUT2D eigenvalue weighted by Gasteiger charge is 2.18. The maximum Gasteiger partial charge on any atom is 0.269 e. The number of benzene rings is 3. The second kappa shape index (κ2) is 6.49. The minimum absolute atomic E-state index is 0.0359. The van der Waals surface area contributed by atoms with Gasteiger partial charge in [0.25, 0.3) is 5.69 Å². The van der Waals surface area contributed by atoms with E-state index in [2.05, 4.69) is 4.98 Å². The number of aromatic nitrogens is 4. The summed E-state index contributed by atoms with van der Waals surface area (Å²) in [5.41, 5.74) is 5.54. The predicted molar refractivity (Wildman–Crippen MR) is 111 cm³/mol. The topological polar surface area (TPSA) is 86.7 Å². The molecule has 2 aromatic heterocycles. The van der Waals surface area contributed by atoms with Crippen LogP contribution in [0.15, 0.2) is 72.8 Å². The molecule has 0 amide bonds. The number of hydrogen-bond acceptors (Lipinski definition) is 5. The van der Waals surface area contributed by atoms with Crippen LogP contribution in [0.1, 0.15) is 5.56 Å². The fourth-order valence-electron chi connectivity index (χ4n) is 3.32. The molecular formula is C22H15N5O2. The van der Waals surface area contributed by atoms with Crippen molar-refractivity contribution in [1.29, 1.82) is 0 Å². The molecule has 0 atom stereocenters. The molecule has 140 valence electrons.